The van der Waals surface area contributed by atoms with Gasteiger partial charge in [-0.25, -0.2) is 0 Å². The van der Waals surface area contributed by atoms with Crippen LogP contribution in [0, 0.1) is 5.92 Å². The van der Waals surface area contributed by atoms with E-state index in [4.69, 9.17) is 16.7 Å². The predicted octanol–water partition coefficient (Wildman–Crippen LogP) is 1.14. The number of alkyl halides is 1. The molecule has 3 nitrogen and oxygen atoms in total. The number of hydrogen-bond acceptors (Lipinski definition) is 2. The molecule has 2 atom stereocenters. The molecule has 0 aliphatic carbocycles. The maximum atomic E-state index is 11.3. The van der Waals surface area contributed by atoms with Crippen LogP contribution in [0.25, 0.3) is 0 Å². The highest BCUT2D eigenvalue weighted by atomic mass is 35.5. The molecular weight excluding hydrogens is 190 g/mol. The first-order valence-corrected chi connectivity index (χ1v) is 5.12. The minimum Gasteiger partial charge on any atom is -0.396 e. The first-order chi connectivity index (χ1) is 6.11. The second-order valence-electron chi connectivity index (χ2n) is 3.33. The second-order valence-corrected chi connectivity index (χ2v) is 3.64. The standard InChI is InChI=1S/C9H18ClNO2/c1-7(6-10)9(13)11-8(2)4-3-5-12/h7-8,12H,3-6H2,1-2H3,(H,11,13). The van der Waals surface area contributed by atoms with Crippen molar-refractivity contribution in [2.24, 2.45) is 5.92 Å². The zero-order valence-electron chi connectivity index (χ0n) is 8.22. The predicted molar refractivity (Wildman–Crippen MR) is 53.8 cm³/mol. The van der Waals surface area contributed by atoms with Crippen LogP contribution in [0.2, 0.25) is 0 Å². The second kappa shape index (κ2) is 7.15. The molecule has 2 N–H and O–H groups in total. The summed E-state index contributed by atoms with van der Waals surface area (Å²) in [6, 6.07) is 0.116. The van der Waals surface area contributed by atoms with Crippen LogP contribution in [0.1, 0.15) is 26.7 Å². The first-order valence-electron chi connectivity index (χ1n) is 4.59. The Morgan fingerprint density at radius 3 is 2.62 bits per heavy atom. The van der Waals surface area contributed by atoms with Gasteiger partial charge in [-0.3, -0.25) is 4.79 Å². The summed E-state index contributed by atoms with van der Waals surface area (Å²) in [6.07, 6.45) is 1.52. The number of halogens is 1. The van der Waals surface area contributed by atoms with Gasteiger partial charge in [0.15, 0.2) is 0 Å². The lowest BCUT2D eigenvalue weighted by Gasteiger charge is -2.15. The van der Waals surface area contributed by atoms with Crippen molar-refractivity contribution in [3.63, 3.8) is 0 Å². The van der Waals surface area contributed by atoms with E-state index in [0.29, 0.717) is 5.88 Å². The van der Waals surface area contributed by atoms with Gasteiger partial charge in [0.1, 0.15) is 0 Å². The fourth-order valence-corrected chi connectivity index (χ4v) is 1.06. The van der Waals surface area contributed by atoms with Crippen LogP contribution in [0.3, 0.4) is 0 Å². The molecule has 0 radical (unpaired) electrons. The Kier molecular flexibility index (Phi) is 7.00. The van der Waals surface area contributed by atoms with Crippen LogP contribution in [0.15, 0.2) is 0 Å². The first kappa shape index (κ1) is 12.7. The number of nitrogens with one attached hydrogen (secondary N) is 1. The molecule has 0 aromatic heterocycles. The average Bonchev–Trinajstić information content (AvgIpc) is 2.13. The van der Waals surface area contributed by atoms with Crippen molar-refractivity contribution in [3.8, 4) is 0 Å². The normalized spacial score (nSPS) is 15.1. The van der Waals surface area contributed by atoms with Gasteiger partial charge in [-0.05, 0) is 19.8 Å². The summed E-state index contributed by atoms with van der Waals surface area (Å²) in [6.45, 7) is 3.89. The maximum Gasteiger partial charge on any atom is 0.224 e. The minimum atomic E-state index is -0.141. The van der Waals surface area contributed by atoms with Crippen molar-refractivity contribution in [2.45, 2.75) is 32.7 Å². The molecule has 0 bridgehead atoms. The topological polar surface area (TPSA) is 49.3 Å². The third kappa shape index (κ3) is 5.88. The molecule has 0 rings (SSSR count). The summed E-state index contributed by atoms with van der Waals surface area (Å²) < 4.78 is 0. The summed E-state index contributed by atoms with van der Waals surface area (Å²) >= 11 is 5.53. The third-order valence-corrected chi connectivity index (χ3v) is 2.33. The fourth-order valence-electron chi connectivity index (χ4n) is 0.925. The summed E-state index contributed by atoms with van der Waals surface area (Å²) in [4.78, 5) is 11.3. The molecule has 78 valence electrons. The summed E-state index contributed by atoms with van der Waals surface area (Å²) in [5.74, 6) is 0.192. The largest absolute Gasteiger partial charge is 0.396 e. The summed E-state index contributed by atoms with van der Waals surface area (Å²) in [5, 5.41) is 11.4. The summed E-state index contributed by atoms with van der Waals surface area (Å²) in [5.41, 5.74) is 0. The molecule has 0 aliphatic heterocycles. The molecule has 0 heterocycles. The van der Waals surface area contributed by atoms with Crippen molar-refractivity contribution in [2.75, 3.05) is 12.5 Å². The number of amides is 1. The Labute approximate surface area is 84.5 Å². The van der Waals surface area contributed by atoms with E-state index in [0.717, 1.165) is 12.8 Å². The fraction of sp³-hybridized carbons (Fsp3) is 0.889. The number of hydrogen-bond donors (Lipinski definition) is 2. The SMILES string of the molecule is CC(CCCO)NC(=O)C(C)CCl. The highest BCUT2D eigenvalue weighted by molar-refractivity contribution is 6.19. The maximum absolute atomic E-state index is 11.3. The Morgan fingerprint density at radius 1 is 1.54 bits per heavy atom. The molecule has 0 aromatic rings. The lowest BCUT2D eigenvalue weighted by Crippen LogP contribution is -2.37. The lowest BCUT2D eigenvalue weighted by atomic mass is 10.1. The molecule has 0 aliphatic rings. The van der Waals surface area contributed by atoms with Crippen molar-refractivity contribution < 1.29 is 9.90 Å². The molecule has 13 heavy (non-hydrogen) atoms. The Balaban J connectivity index is 3.64. The molecule has 0 fully saturated rings. The van der Waals surface area contributed by atoms with Crippen molar-refractivity contribution >= 4 is 17.5 Å². The molecule has 1 amide bonds. The Morgan fingerprint density at radius 2 is 2.15 bits per heavy atom. The van der Waals surface area contributed by atoms with E-state index in [1.54, 1.807) is 6.92 Å². The summed E-state index contributed by atoms with van der Waals surface area (Å²) in [7, 11) is 0. The molecule has 0 saturated carbocycles. The average molecular weight is 208 g/mol. The monoisotopic (exact) mass is 207 g/mol. The smallest absolute Gasteiger partial charge is 0.224 e. The van der Waals surface area contributed by atoms with E-state index in [1.165, 1.54) is 0 Å². The number of carbonyl (C=O) groups is 1. The highest BCUT2D eigenvalue weighted by Crippen LogP contribution is 2.01. The van der Waals surface area contributed by atoms with Gasteiger partial charge in [-0.15, -0.1) is 11.6 Å². The van der Waals surface area contributed by atoms with Gasteiger partial charge in [0.05, 0.1) is 0 Å². The molecule has 0 aromatic carbocycles. The van der Waals surface area contributed by atoms with Crippen LogP contribution in [0.5, 0.6) is 0 Å². The van der Waals surface area contributed by atoms with Crippen molar-refractivity contribution in [1.82, 2.24) is 5.32 Å². The molecular formula is C9H18ClNO2. The Hall–Kier alpha value is -0.280. The molecule has 0 saturated heterocycles. The van der Waals surface area contributed by atoms with Crippen LogP contribution in [-0.2, 0) is 4.79 Å². The number of aliphatic hydroxyl groups excluding tert-OH is 1. The van der Waals surface area contributed by atoms with Gasteiger partial charge in [0.25, 0.3) is 0 Å². The molecule has 0 spiro atoms. The van der Waals surface area contributed by atoms with Gasteiger partial charge >= 0.3 is 0 Å². The van der Waals surface area contributed by atoms with E-state index in [2.05, 4.69) is 5.32 Å². The van der Waals surface area contributed by atoms with Gasteiger partial charge in [0.2, 0.25) is 5.91 Å². The van der Waals surface area contributed by atoms with E-state index in [-0.39, 0.29) is 24.5 Å². The van der Waals surface area contributed by atoms with E-state index in [1.807, 2.05) is 6.92 Å². The Bertz CT molecular complexity index is 153. The van der Waals surface area contributed by atoms with Crippen molar-refractivity contribution in [1.29, 1.82) is 0 Å². The quantitative estimate of drug-likeness (QED) is 0.642. The highest BCUT2D eigenvalue weighted by Gasteiger charge is 2.13. The van der Waals surface area contributed by atoms with Gasteiger partial charge in [0, 0.05) is 24.4 Å². The zero-order chi connectivity index (χ0) is 10.3. The number of carbonyl (C=O) groups excluding carboxylic acids is 1. The van der Waals surface area contributed by atoms with Gasteiger partial charge in [-0.2, -0.15) is 0 Å². The van der Waals surface area contributed by atoms with E-state index >= 15 is 0 Å². The lowest BCUT2D eigenvalue weighted by molar-refractivity contribution is -0.124. The van der Waals surface area contributed by atoms with Crippen LogP contribution >= 0.6 is 11.6 Å². The van der Waals surface area contributed by atoms with Gasteiger partial charge in [-0.1, -0.05) is 6.92 Å². The van der Waals surface area contributed by atoms with E-state index < -0.39 is 0 Å². The third-order valence-electron chi connectivity index (χ3n) is 1.86. The minimum absolute atomic E-state index is 0.0135. The van der Waals surface area contributed by atoms with E-state index in [9.17, 15) is 4.79 Å². The van der Waals surface area contributed by atoms with Crippen LogP contribution in [-0.4, -0.2) is 29.5 Å². The molecule has 2 unspecified atom stereocenters. The van der Waals surface area contributed by atoms with Crippen LogP contribution < -0.4 is 5.32 Å². The van der Waals surface area contributed by atoms with Gasteiger partial charge < -0.3 is 10.4 Å². The zero-order valence-corrected chi connectivity index (χ0v) is 8.97. The van der Waals surface area contributed by atoms with Crippen LogP contribution in [0.4, 0.5) is 0 Å². The number of rotatable bonds is 6. The number of aliphatic hydroxyl groups is 1. The molecule has 4 heteroatoms. The van der Waals surface area contributed by atoms with Crippen molar-refractivity contribution in [3.05, 3.63) is 0 Å².